The number of hydrogen-bond acceptors (Lipinski definition) is 5. The summed E-state index contributed by atoms with van der Waals surface area (Å²) in [5, 5.41) is 3.47. The van der Waals surface area contributed by atoms with Gasteiger partial charge in [-0.2, -0.15) is 4.31 Å². The fraction of sp³-hybridized carbons (Fsp3) is 0.562. The maximum Gasteiger partial charge on any atom is 0.257 e. The Bertz CT molecular complexity index is 789. The molecule has 0 saturated carbocycles. The molecule has 3 rings (SSSR count). The first-order chi connectivity index (χ1) is 11.8. The van der Waals surface area contributed by atoms with Crippen molar-refractivity contribution in [3.63, 3.8) is 0 Å². The van der Waals surface area contributed by atoms with E-state index >= 15 is 0 Å². The summed E-state index contributed by atoms with van der Waals surface area (Å²) in [7, 11) is 0.734. The van der Waals surface area contributed by atoms with Crippen LogP contribution < -0.4 is 10.1 Å². The van der Waals surface area contributed by atoms with E-state index in [0.717, 1.165) is 13.1 Å². The molecular formula is C16H23Cl2N3O4S. The number of nitrogens with one attached hydrogen (secondary N) is 1. The minimum Gasteiger partial charge on any atom is -0.494 e. The highest BCUT2D eigenvalue weighted by Crippen LogP contribution is 2.37. The normalized spacial score (nSPS) is 22.6. The van der Waals surface area contributed by atoms with Crippen LogP contribution in [0, 0.1) is 11.8 Å². The lowest BCUT2D eigenvalue weighted by molar-refractivity contribution is 0.0823. The minimum absolute atomic E-state index is 0. The van der Waals surface area contributed by atoms with Crippen LogP contribution in [0.5, 0.6) is 5.75 Å². The molecule has 0 aromatic heterocycles. The van der Waals surface area contributed by atoms with Crippen molar-refractivity contribution in [2.75, 3.05) is 47.4 Å². The van der Waals surface area contributed by atoms with Crippen LogP contribution in [0.25, 0.3) is 0 Å². The van der Waals surface area contributed by atoms with Crippen LogP contribution in [0.2, 0.25) is 5.02 Å². The first-order valence-electron chi connectivity index (χ1n) is 8.05. The summed E-state index contributed by atoms with van der Waals surface area (Å²) in [6.45, 7) is 2.58. The van der Waals surface area contributed by atoms with Gasteiger partial charge in [0.2, 0.25) is 10.0 Å². The molecule has 0 aliphatic carbocycles. The average molecular weight is 424 g/mol. The van der Waals surface area contributed by atoms with Crippen molar-refractivity contribution < 1.29 is 17.9 Å². The Labute approximate surface area is 165 Å². The van der Waals surface area contributed by atoms with Gasteiger partial charge in [0.05, 0.1) is 12.7 Å². The van der Waals surface area contributed by atoms with Crippen LogP contribution in [0.1, 0.15) is 10.4 Å². The van der Waals surface area contributed by atoms with Gasteiger partial charge in [-0.15, -0.1) is 12.4 Å². The van der Waals surface area contributed by atoms with E-state index in [4.69, 9.17) is 16.3 Å². The number of hydrogen-bond donors (Lipinski definition) is 1. The Morgan fingerprint density at radius 2 is 1.85 bits per heavy atom. The molecule has 146 valence electrons. The number of carbonyl (C=O) groups is 1. The van der Waals surface area contributed by atoms with E-state index in [-0.39, 0.29) is 39.5 Å². The molecule has 1 N–H and O–H groups in total. The van der Waals surface area contributed by atoms with Crippen molar-refractivity contribution in [2.24, 2.45) is 11.8 Å². The van der Waals surface area contributed by atoms with Crippen LogP contribution in [0.4, 0.5) is 0 Å². The van der Waals surface area contributed by atoms with Crippen molar-refractivity contribution in [2.45, 2.75) is 4.90 Å². The summed E-state index contributed by atoms with van der Waals surface area (Å²) < 4.78 is 33.2. The van der Waals surface area contributed by atoms with Crippen LogP contribution in [0.3, 0.4) is 0 Å². The van der Waals surface area contributed by atoms with Crippen molar-refractivity contribution in [3.8, 4) is 5.75 Å². The molecule has 1 amide bonds. The topological polar surface area (TPSA) is 79.0 Å². The van der Waals surface area contributed by atoms with Gasteiger partial charge in [0, 0.05) is 32.2 Å². The summed E-state index contributed by atoms with van der Waals surface area (Å²) >= 11 is 6.12. The van der Waals surface area contributed by atoms with Gasteiger partial charge in [-0.1, -0.05) is 11.6 Å². The Kier molecular flexibility index (Phi) is 6.45. The van der Waals surface area contributed by atoms with Gasteiger partial charge in [0.15, 0.2) is 5.75 Å². The Hall–Kier alpha value is -1.06. The summed E-state index contributed by atoms with van der Waals surface area (Å²) in [5.41, 5.74) is 0.139. The second kappa shape index (κ2) is 7.90. The molecule has 10 heteroatoms. The molecule has 1 aromatic rings. The standard InChI is InChI=1S/C16H22ClN3O4S.ClH/c1-19(2)16(21)13-4-12(17)5-14(15(13)24-3)25(22,23)20-8-10-6-18-7-11(10)9-20;/h4-5,10-11,18H,6-9H2,1-3H3;1H/t10-,11+;. The Morgan fingerprint density at radius 1 is 1.27 bits per heavy atom. The molecule has 1 aromatic carbocycles. The summed E-state index contributed by atoms with van der Waals surface area (Å²) in [5.74, 6) is 0.322. The lowest BCUT2D eigenvalue weighted by Crippen LogP contribution is -2.32. The zero-order valence-electron chi connectivity index (χ0n) is 14.9. The molecule has 0 bridgehead atoms. The lowest BCUT2D eigenvalue weighted by atomic mass is 10.0. The fourth-order valence-electron chi connectivity index (χ4n) is 3.52. The highest BCUT2D eigenvalue weighted by molar-refractivity contribution is 7.89. The van der Waals surface area contributed by atoms with Crippen LogP contribution in [0.15, 0.2) is 17.0 Å². The van der Waals surface area contributed by atoms with E-state index in [9.17, 15) is 13.2 Å². The zero-order valence-corrected chi connectivity index (χ0v) is 17.2. The first kappa shape index (κ1) is 21.2. The molecule has 0 spiro atoms. The number of carbonyl (C=O) groups excluding carboxylic acids is 1. The number of halogens is 2. The monoisotopic (exact) mass is 423 g/mol. The van der Waals surface area contributed by atoms with Crippen LogP contribution in [-0.2, 0) is 10.0 Å². The van der Waals surface area contributed by atoms with Gasteiger partial charge in [-0.3, -0.25) is 4.79 Å². The second-order valence-electron chi connectivity index (χ2n) is 6.68. The number of nitrogens with zero attached hydrogens (tertiary/aromatic N) is 2. The Morgan fingerprint density at radius 3 is 2.35 bits per heavy atom. The van der Waals surface area contributed by atoms with Crippen molar-refractivity contribution in [1.29, 1.82) is 0 Å². The molecule has 2 fully saturated rings. The van der Waals surface area contributed by atoms with E-state index in [0.29, 0.717) is 24.9 Å². The number of amides is 1. The van der Waals surface area contributed by atoms with Gasteiger partial charge in [0.1, 0.15) is 4.90 Å². The van der Waals surface area contributed by atoms with E-state index < -0.39 is 10.0 Å². The van der Waals surface area contributed by atoms with Gasteiger partial charge < -0.3 is 15.0 Å². The summed E-state index contributed by atoms with van der Waals surface area (Å²) in [6, 6.07) is 2.79. The quantitative estimate of drug-likeness (QED) is 0.789. The van der Waals surface area contributed by atoms with Crippen molar-refractivity contribution in [1.82, 2.24) is 14.5 Å². The molecule has 2 aliphatic rings. The van der Waals surface area contributed by atoms with E-state index in [1.54, 1.807) is 14.1 Å². The van der Waals surface area contributed by atoms with Gasteiger partial charge >= 0.3 is 0 Å². The molecular weight excluding hydrogens is 401 g/mol. The largest absolute Gasteiger partial charge is 0.494 e. The number of methoxy groups -OCH3 is 1. The highest BCUT2D eigenvalue weighted by Gasteiger charge is 2.42. The Balaban J connectivity index is 0.00000243. The summed E-state index contributed by atoms with van der Waals surface area (Å²) in [4.78, 5) is 13.7. The van der Waals surface area contributed by atoms with Gasteiger partial charge in [-0.05, 0) is 37.1 Å². The molecule has 2 heterocycles. The first-order valence-corrected chi connectivity index (χ1v) is 9.87. The van der Waals surface area contributed by atoms with Gasteiger partial charge in [0.25, 0.3) is 5.91 Å². The molecule has 2 saturated heterocycles. The van der Waals surface area contributed by atoms with Crippen LogP contribution >= 0.6 is 24.0 Å². The predicted molar refractivity (Wildman–Crippen MR) is 102 cm³/mol. The molecule has 0 radical (unpaired) electrons. The molecule has 2 aliphatic heterocycles. The molecule has 0 unspecified atom stereocenters. The number of sulfonamides is 1. The smallest absolute Gasteiger partial charge is 0.257 e. The van der Waals surface area contributed by atoms with Gasteiger partial charge in [-0.25, -0.2) is 8.42 Å². The van der Waals surface area contributed by atoms with Crippen molar-refractivity contribution in [3.05, 3.63) is 22.7 Å². The van der Waals surface area contributed by atoms with E-state index in [2.05, 4.69) is 5.32 Å². The molecule has 2 atom stereocenters. The second-order valence-corrected chi connectivity index (χ2v) is 9.03. The van der Waals surface area contributed by atoms with E-state index in [1.165, 1.54) is 28.4 Å². The SMILES string of the molecule is COc1c(C(=O)N(C)C)cc(Cl)cc1S(=O)(=O)N1C[C@H]2CNC[C@H]2C1.Cl. The van der Waals surface area contributed by atoms with Crippen molar-refractivity contribution >= 4 is 39.9 Å². The van der Waals surface area contributed by atoms with E-state index in [1.807, 2.05) is 0 Å². The lowest BCUT2D eigenvalue weighted by Gasteiger charge is -2.21. The summed E-state index contributed by atoms with van der Waals surface area (Å²) in [6.07, 6.45) is 0. The minimum atomic E-state index is -3.80. The maximum absolute atomic E-state index is 13.2. The third-order valence-corrected chi connectivity index (χ3v) is 6.89. The fourth-order valence-corrected chi connectivity index (χ4v) is 5.56. The highest BCUT2D eigenvalue weighted by atomic mass is 35.5. The number of rotatable bonds is 4. The molecule has 7 nitrogen and oxygen atoms in total. The predicted octanol–water partition coefficient (Wildman–Crippen LogP) is 1.31. The zero-order chi connectivity index (χ0) is 18.4. The number of ether oxygens (including phenoxy) is 1. The number of fused-ring (bicyclic) bond motifs is 1. The maximum atomic E-state index is 13.2. The van der Waals surface area contributed by atoms with Crippen LogP contribution in [-0.4, -0.2) is 70.9 Å². The third-order valence-electron chi connectivity index (χ3n) is 4.83. The third kappa shape index (κ3) is 3.66. The number of benzene rings is 1. The molecule has 26 heavy (non-hydrogen) atoms. The average Bonchev–Trinajstić information content (AvgIpc) is 3.15.